The van der Waals surface area contributed by atoms with Crippen LogP contribution in [0.3, 0.4) is 0 Å². The summed E-state index contributed by atoms with van der Waals surface area (Å²) >= 11 is 0. The molecule has 1 atom stereocenters. The highest BCUT2D eigenvalue weighted by atomic mass is 16.2. The van der Waals surface area contributed by atoms with Gasteiger partial charge in [-0.05, 0) is 45.2 Å². The predicted molar refractivity (Wildman–Crippen MR) is 113 cm³/mol. The summed E-state index contributed by atoms with van der Waals surface area (Å²) in [6.07, 6.45) is 2.61. The zero-order valence-corrected chi connectivity index (χ0v) is 17.8. The summed E-state index contributed by atoms with van der Waals surface area (Å²) in [6.45, 7) is 8.02. The highest BCUT2D eigenvalue weighted by Crippen LogP contribution is 2.32. The van der Waals surface area contributed by atoms with E-state index in [0.29, 0.717) is 38.2 Å². The third-order valence-corrected chi connectivity index (χ3v) is 6.29. The van der Waals surface area contributed by atoms with E-state index < -0.39 is 5.54 Å². The van der Waals surface area contributed by atoms with E-state index in [1.165, 1.54) is 0 Å². The van der Waals surface area contributed by atoms with Crippen molar-refractivity contribution in [3.8, 4) is 0 Å². The van der Waals surface area contributed by atoms with Crippen LogP contribution >= 0.6 is 0 Å². The molecule has 2 amide bonds. The minimum absolute atomic E-state index is 0.0511. The number of hydrogen-bond donors (Lipinski definition) is 1. The second-order valence-corrected chi connectivity index (χ2v) is 8.46. The van der Waals surface area contributed by atoms with Crippen molar-refractivity contribution in [2.75, 3.05) is 32.7 Å². The number of carbonyl (C=O) groups is 2. The average Bonchev–Trinajstić information content (AvgIpc) is 3.18. The number of nitrogens with one attached hydrogen (secondary N) is 1. The molecule has 0 radical (unpaired) electrons. The van der Waals surface area contributed by atoms with Gasteiger partial charge in [-0.15, -0.1) is 0 Å². The van der Waals surface area contributed by atoms with Crippen LogP contribution in [-0.4, -0.2) is 80.0 Å². The summed E-state index contributed by atoms with van der Waals surface area (Å²) < 4.78 is 0. The van der Waals surface area contributed by atoms with Gasteiger partial charge in [0.05, 0.1) is 6.54 Å². The number of likely N-dealkylation sites (tertiary alicyclic amines) is 1. The molecule has 1 aromatic carbocycles. The Morgan fingerprint density at radius 1 is 1.07 bits per heavy atom. The monoisotopic (exact) mass is 410 g/mol. The number of H-pyrrole nitrogens is 1. The summed E-state index contributed by atoms with van der Waals surface area (Å²) in [7, 11) is 0. The van der Waals surface area contributed by atoms with Crippen molar-refractivity contribution in [1.29, 1.82) is 0 Å². The van der Waals surface area contributed by atoms with Crippen molar-refractivity contribution >= 4 is 11.8 Å². The minimum Gasteiger partial charge on any atom is -0.338 e. The molecule has 30 heavy (non-hydrogen) atoms. The van der Waals surface area contributed by atoms with Crippen LogP contribution in [0, 0.1) is 6.92 Å². The maximum absolute atomic E-state index is 13.6. The van der Waals surface area contributed by atoms with Crippen molar-refractivity contribution < 1.29 is 9.59 Å². The van der Waals surface area contributed by atoms with Gasteiger partial charge in [0, 0.05) is 38.3 Å². The average molecular weight is 411 g/mol. The first kappa shape index (κ1) is 20.5. The summed E-state index contributed by atoms with van der Waals surface area (Å²) in [6, 6.07) is 9.28. The first-order chi connectivity index (χ1) is 14.5. The molecule has 8 heteroatoms. The molecule has 0 aliphatic carbocycles. The molecule has 0 saturated carbocycles. The lowest BCUT2D eigenvalue weighted by molar-refractivity contribution is -0.146. The van der Waals surface area contributed by atoms with E-state index in [9.17, 15) is 9.59 Å². The van der Waals surface area contributed by atoms with Crippen LogP contribution in [0.4, 0.5) is 0 Å². The SMILES string of the molecule is Cc1nc(CN2CCN(C(=O)C3(C)CCCCN3C(=O)c3ccccc3)CC2)n[nH]1. The number of piperidine rings is 1. The molecule has 2 aromatic rings. The lowest BCUT2D eigenvalue weighted by Crippen LogP contribution is -2.63. The quantitative estimate of drug-likeness (QED) is 0.831. The van der Waals surface area contributed by atoms with E-state index in [-0.39, 0.29) is 11.8 Å². The largest absolute Gasteiger partial charge is 0.338 e. The smallest absolute Gasteiger partial charge is 0.254 e. The van der Waals surface area contributed by atoms with E-state index >= 15 is 0 Å². The van der Waals surface area contributed by atoms with E-state index in [2.05, 4.69) is 20.1 Å². The predicted octanol–water partition coefficient (Wildman–Crippen LogP) is 1.84. The molecule has 1 unspecified atom stereocenters. The number of aryl methyl sites for hydroxylation is 1. The Morgan fingerprint density at radius 2 is 1.80 bits per heavy atom. The molecule has 3 heterocycles. The maximum Gasteiger partial charge on any atom is 0.254 e. The van der Waals surface area contributed by atoms with Crippen molar-refractivity contribution in [1.82, 2.24) is 29.9 Å². The highest BCUT2D eigenvalue weighted by molar-refractivity contribution is 5.99. The molecule has 4 rings (SSSR count). The Bertz CT molecular complexity index is 890. The first-order valence-electron chi connectivity index (χ1n) is 10.7. The molecule has 160 valence electrons. The van der Waals surface area contributed by atoms with Crippen LogP contribution in [-0.2, 0) is 11.3 Å². The van der Waals surface area contributed by atoms with Crippen LogP contribution in [0.1, 0.15) is 48.2 Å². The van der Waals surface area contributed by atoms with Crippen molar-refractivity contribution in [3.05, 3.63) is 47.5 Å². The van der Waals surface area contributed by atoms with Gasteiger partial charge < -0.3 is 9.80 Å². The summed E-state index contributed by atoms with van der Waals surface area (Å²) in [5.74, 6) is 1.61. The Morgan fingerprint density at radius 3 is 2.47 bits per heavy atom. The van der Waals surface area contributed by atoms with Crippen molar-refractivity contribution in [2.45, 2.75) is 45.2 Å². The zero-order chi connectivity index (χ0) is 21.1. The topological polar surface area (TPSA) is 85.4 Å². The van der Waals surface area contributed by atoms with Gasteiger partial charge in [0.2, 0.25) is 5.91 Å². The maximum atomic E-state index is 13.6. The fourth-order valence-electron chi connectivity index (χ4n) is 4.51. The van der Waals surface area contributed by atoms with Gasteiger partial charge in [-0.25, -0.2) is 4.98 Å². The number of carbonyl (C=O) groups excluding carboxylic acids is 2. The van der Waals surface area contributed by atoms with Gasteiger partial charge in [0.25, 0.3) is 5.91 Å². The Kier molecular flexibility index (Phi) is 5.85. The Hall–Kier alpha value is -2.74. The van der Waals surface area contributed by atoms with Gasteiger partial charge in [-0.2, -0.15) is 5.10 Å². The fraction of sp³-hybridized carbons (Fsp3) is 0.545. The molecule has 0 spiro atoms. The van der Waals surface area contributed by atoms with Crippen molar-refractivity contribution in [3.63, 3.8) is 0 Å². The molecular weight excluding hydrogens is 380 g/mol. The van der Waals surface area contributed by atoms with Gasteiger partial charge in [0.1, 0.15) is 11.4 Å². The molecule has 8 nitrogen and oxygen atoms in total. The van der Waals surface area contributed by atoms with Crippen LogP contribution < -0.4 is 0 Å². The number of rotatable bonds is 4. The number of benzene rings is 1. The van der Waals surface area contributed by atoms with Crippen LogP contribution in [0.15, 0.2) is 30.3 Å². The number of piperazine rings is 1. The molecule has 0 bridgehead atoms. The lowest BCUT2D eigenvalue weighted by Gasteiger charge is -2.47. The molecule has 1 N–H and O–H groups in total. The number of nitrogens with zero attached hydrogens (tertiary/aromatic N) is 5. The number of hydrogen-bond acceptors (Lipinski definition) is 5. The highest BCUT2D eigenvalue weighted by Gasteiger charge is 2.46. The number of amides is 2. The third-order valence-electron chi connectivity index (χ3n) is 6.29. The second kappa shape index (κ2) is 8.55. The molecule has 1 aromatic heterocycles. The minimum atomic E-state index is -0.784. The van der Waals surface area contributed by atoms with Crippen LogP contribution in [0.2, 0.25) is 0 Å². The van der Waals surface area contributed by atoms with Crippen molar-refractivity contribution in [2.24, 2.45) is 0 Å². The third kappa shape index (κ3) is 4.09. The van der Waals surface area contributed by atoms with Gasteiger partial charge in [0.15, 0.2) is 5.82 Å². The first-order valence-corrected chi connectivity index (χ1v) is 10.7. The van der Waals surface area contributed by atoms with E-state index in [1.54, 1.807) is 4.90 Å². The molecule has 2 aliphatic heterocycles. The molecule has 2 fully saturated rings. The normalized spacial score (nSPS) is 22.9. The number of aromatic nitrogens is 3. The standard InChI is InChI=1S/C22H30N6O2/c1-17-23-19(25-24-17)16-26-12-14-27(15-13-26)21(30)22(2)10-6-7-11-28(22)20(29)18-8-4-3-5-9-18/h3-5,8-9H,6-7,10-16H2,1-2H3,(H,23,24,25). The lowest BCUT2D eigenvalue weighted by atomic mass is 9.86. The van der Waals surface area contributed by atoms with Crippen LogP contribution in [0.5, 0.6) is 0 Å². The molecular formula is C22H30N6O2. The van der Waals surface area contributed by atoms with Gasteiger partial charge >= 0.3 is 0 Å². The van der Waals surface area contributed by atoms with E-state index in [1.807, 2.05) is 49.1 Å². The van der Waals surface area contributed by atoms with E-state index in [0.717, 1.165) is 37.6 Å². The van der Waals surface area contributed by atoms with Gasteiger partial charge in [-0.3, -0.25) is 19.6 Å². The summed E-state index contributed by atoms with van der Waals surface area (Å²) in [5.41, 5.74) is -0.140. The number of aromatic amines is 1. The Labute approximate surface area is 177 Å². The zero-order valence-electron chi connectivity index (χ0n) is 17.8. The summed E-state index contributed by atoms with van der Waals surface area (Å²) in [4.78, 5) is 37.1. The molecule has 2 saturated heterocycles. The van der Waals surface area contributed by atoms with Gasteiger partial charge in [-0.1, -0.05) is 18.2 Å². The summed E-state index contributed by atoms with van der Waals surface area (Å²) in [5, 5.41) is 7.08. The molecule has 2 aliphatic rings. The Balaban J connectivity index is 1.42. The van der Waals surface area contributed by atoms with E-state index in [4.69, 9.17) is 0 Å². The van der Waals surface area contributed by atoms with Crippen LogP contribution in [0.25, 0.3) is 0 Å². The second-order valence-electron chi connectivity index (χ2n) is 8.46. The fourth-order valence-corrected chi connectivity index (χ4v) is 4.51.